The summed E-state index contributed by atoms with van der Waals surface area (Å²) < 4.78 is 12.5. The van der Waals surface area contributed by atoms with Crippen molar-refractivity contribution < 1.29 is 14.4 Å². The first kappa shape index (κ1) is 21.2. The summed E-state index contributed by atoms with van der Waals surface area (Å²) in [5, 5.41) is 12.5. The third-order valence-electron chi connectivity index (χ3n) is 5.34. The van der Waals surface area contributed by atoms with Gasteiger partial charge in [-0.3, -0.25) is 19.5 Å². The van der Waals surface area contributed by atoms with Gasteiger partial charge in [0.25, 0.3) is 11.2 Å². The lowest BCUT2D eigenvalue weighted by molar-refractivity contribution is -0.385. The van der Waals surface area contributed by atoms with Gasteiger partial charge in [0.05, 0.1) is 28.1 Å². The normalized spacial score (nSPS) is 12.9. The summed E-state index contributed by atoms with van der Waals surface area (Å²) in [7, 11) is 0. The molecule has 1 aromatic heterocycles. The van der Waals surface area contributed by atoms with Crippen molar-refractivity contribution in [2.24, 2.45) is 0 Å². The number of hydrogen-bond acceptors (Lipinski definition) is 7. The van der Waals surface area contributed by atoms with Gasteiger partial charge in [0.15, 0.2) is 11.9 Å². The highest BCUT2D eigenvalue weighted by atomic mass is 32.2. The van der Waals surface area contributed by atoms with Crippen LogP contribution in [0.1, 0.15) is 16.7 Å². The summed E-state index contributed by atoms with van der Waals surface area (Å²) in [5.41, 5.74) is 3.43. The molecule has 0 unspecified atom stereocenters. The molecule has 8 nitrogen and oxygen atoms in total. The van der Waals surface area contributed by atoms with Crippen molar-refractivity contribution in [3.05, 3.63) is 97.8 Å². The lowest BCUT2D eigenvalue weighted by Crippen LogP contribution is -2.22. The van der Waals surface area contributed by atoms with Crippen LogP contribution >= 0.6 is 11.8 Å². The maximum absolute atomic E-state index is 13.4. The fourth-order valence-corrected chi connectivity index (χ4v) is 4.82. The van der Waals surface area contributed by atoms with Gasteiger partial charge >= 0.3 is 0 Å². The van der Waals surface area contributed by atoms with Crippen molar-refractivity contribution in [2.75, 3.05) is 6.79 Å². The zero-order valence-electron chi connectivity index (χ0n) is 17.7. The molecule has 0 saturated carbocycles. The van der Waals surface area contributed by atoms with Gasteiger partial charge in [-0.05, 0) is 36.8 Å². The molecule has 0 spiro atoms. The van der Waals surface area contributed by atoms with E-state index in [1.165, 1.54) is 23.9 Å². The number of aryl methyl sites for hydroxylation is 1. The Kier molecular flexibility index (Phi) is 5.57. The Hall–Kier alpha value is -3.69. The van der Waals surface area contributed by atoms with E-state index in [1.807, 2.05) is 43.3 Å². The van der Waals surface area contributed by atoms with Crippen LogP contribution in [0.4, 0.5) is 5.69 Å². The van der Waals surface area contributed by atoms with Crippen molar-refractivity contribution in [1.82, 2.24) is 9.55 Å². The Morgan fingerprint density at radius 3 is 2.82 bits per heavy atom. The maximum Gasteiger partial charge on any atom is 0.270 e. The minimum Gasteiger partial charge on any atom is -0.467 e. The molecule has 0 amide bonds. The molecule has 2 heterocycles. The number of thioether (sulfide) groups is 1. The first-order valence-corrected chi connectivity index (χ1v) is 11.2. The zero-order chi connectivity index (χ0) is 22.9. The molecule has 0 saturated heterocycles. The number of nitro benzene ring substituents is 1. The molecule has 4 aromatic rings. The molecule has 0 fully saturated rings. The second-order valence-electron chi connectivity index (χ2n) is 7.64. The summed E-state index contributed by atoms with van der Waals surface area (Å²) in [4.78, 5) is 29.2. The van der Waals surface area contributed by atoms with E-state index >= 15 is 0 Å². The predicted molar refractivity (Wildman–Crippen MR) is 125 cm³/mol. The molecule has 33 heavy (non-hydrogen) atoms. The predicted octanol–water partition coefficient (Wildman–Crippen LogP) is 4.76. The molecule has 0 bridgehead atoms. The van der Waals surface area contributed by atoms with E-state index in [2.05, 4.69) is 0 Å². The quantitative estimate of drug-likeness (QED) is 0.183. The summed E-state index contributed by atoms with van der Waals surface area (Å²) in [6.07, 6.45) is 0. The van der Waals surface area contributed by atoms with Gasteiger partial charge in [-0.25, -0.2) is 4.98 Å². The number of non-ortho nitro benzene ring substituents is 1. The number of nitro groups is 1. The topological polar surface area (TPSA) is 96.5 Å². The van der Waals surface area contributed by atoms with Crippen molar-refractivity contribution in [1.29, 1.82) is 0 Å². The van der Waals surface area contributed by atoms with E-state index in [4.69, 9.17) is 14.5 Å². The highest BCUT2D eigenvalue weighted by Gasteiger charge is 2.22. The summed E-state index contributed by atoms with van der Waals surface area (Å²) in [6.45, 7) is 2.30. The number of benzene rings is 3. The molecule has 0 aliphatic carbocycles. The first-order valence-electron chi connectivity index (χ1n) is 10.2. The van der Waals surface area contributed by atoms with Crippen LogP contribution < -0.4 is 10.3 Å². The van der Waals surface area contributed by atoms with Gasteiger partial charge in [-0.15, -0.1) is 0 Å². The zero-order valence-corrected chi connectivity index (χ0v) is 18.5. The highest BCUT2D eigenvalue weighted by molar-refractivity contribution is 7.98. The van der Waals surface area contributed by atoms with Gasteiger partial charge in [0.1, 0.15) is 5.75 Å². The smallest absolute Gasteiger partial charge is 0.270 e. The van der Waals surface area contributed by atoms with Crippen molar-refractivity contribution in [3.8, 4) is 11.4 Å². The number of aromatic nitrogens is 2. The minimum atomic E-state index is -0.431. The number of nitrogens with zero attached hydrogens (tertiary/aromatic N) is 3. The number of rotatable bonds is 5. The van der Waals surface area contributed by atoms with Gasteiger partial charge in [0.2, 0.25) is 0 Å². The van der Waals surface area contributed by atoms with Crippen LogP contribution in [0.5, 0.6) is 5.75 Å². The fraction of sp³-hybridized carbons (Fsp3) is 0.167. The largest absolute Gasteiger partial charge is 0.467 e. The fourth-order valence-electron chi connectivity index (χ4n) is 3.84. The monoisotopic (exact) mass is 461 g/mol. The highest BCUT2D eigenvalue weighted by Crippen LogP contribution is 2.36. The van der Waals surface area contributed by atoms with Crippen molar-refractivity contribution >= 4 is 28.4 Å². The summed E-state index contributed by atoms with van der Waals surface area (Å²) >= 11 is 1.33. The Morgan fingerprint density at radius 2 is 2.00 bits per heavy atom. The standard InChI is InChI=1S/C24H19N3O5S/c1-15-5-4-6-18(9-15)26-23(28)20-7-2-3-8-21(20)25-24(26)33-13-17-11-19(27(29)30)10-16-12-31-14-32-22(16)17/h2-11H,12-14H2,1H3. The number of hydrogen-bond donors (Lipinski definition) is 0. The van der Waals surface area contributed by atoms with Crippen LogP contribution in [0.2, 0.25) is 0 Å². The Labute approximate surface area is 192 Å². The average Bonchev–Trinajstić information content (AvgIpc) is 2.82. The second kappa shape index (κ2) is 8.68. The van der Waals surface area contributed by atoms with Crippen LogP contribution in [0.25, 0.3) is 16.6 Å². The van der Waals surface area contributed by atoms with E-state index in [0.717, 1.165) is 5.56 Å². The van der Waals surface area contributed by atoms with Crippen LogP contribution in [0.3, 0.4) is 0 Å². The summed E-state index contributed by atoms with van der Waals surface area (Å²) in [5.74, 6) is 0.922. The molecular formula is C24H19N3O5S. The van der Waals surface area contributed by atoms with Crippen LogP contribution in [-0.4, -0.2) is 21.3 Å². The second-order valence-corrected chi connectivity index (χ2v) is 8.58. The van der Waals surface area contributed by atoms with E-state index in [1.54, 1.807) is 16.7 Å². The minimum absolute atomic E-state index is 0.0269. The third kappa shape index (κ3) is 4.08. The van der Waals surface area contributed by atoms with E-state index in [9.17, 15) is 14.9 Å². The van der Waals surface area contributed by atoms with E-state index in [-0.39, 0.29) is 24.6 Å². The third-order valence-corrected chi connectivity index (χ3v) is 6.33. The van der Waals surface area contributed by atoms with Gasteiger partial charge in [0, 0.05) is 29.0 Å². The molecule has 0 atom stereocenters. The first-order chi connectivity index (χ1) is 16.0. The molecule has 5 rings (SSSR count). The molecule has 0 radical (unpaired) electrons. The molecule has 1 aliphatic rings. The van der Waals surface area contributed by atoms with Gasteiger partial charge < -0.3 is 9.47 Å². The lowest BCUT2D eigenvalue weighted by Gasteiger charge is -2.20. The molecule has 166 valence electrons. The molecule has 1 aliphatic heterocycles. The van der Waals surface area contributed by atoms with Gasteiger partial charge in [-0.2, -0.15) is 0 Å². The van der Waals surface area contributed by atoms with Crippen molar-refractivity contribution in [3.63, 3.8) is 0 Å². The number of para-hydroxylation sites is 1. The van der Waals surface area contributed by atoms with Gasteiger partial charge in [-0.1, -0.05) is 36.0 Å². The van der Waals surface area contributed by atoms with E-state index < -0.39 is 4.92 Å². The number of ether oxygens (including phenoxy) is 2. The van der Waals surface area contributed by atoms with Crippen LogP contribution in [0, 0.1) is 17.0 Å². The van der Waals surface area contributed by atoms with Crippen LogP contribution in [-0.2, 0) is 17.1 Å². The summed E-state index contributed by atoms with van der Waals surface area (Å²) in [6, 6.07) is 17.8. The number of fused-ring (bicyclic) bond motifs is 2. The molecular weight excluding hydrogens is 442 g/mol. The van der Waals surface area contributed by atoms with E-state index in [0.29, 0.717) is 44.4 Å². The Balaban J connectivity index is 1.62. The molecule has 9 heteroatoms. The average molecular weight is 461 g/mol. The Morgan fingerprint density at radius 1 is 1.15 bits per heavy atom. The Bertz CT molecular complexity index is 1450. The maximum atomic E-state index is 13.4. The van der Waals surface area contributed by atoms with Crippen LogP contribution in [0.15, 0.2) is 70.6 Å². The SMILES string of the molecule is Cc1cccc(-n2c(SCc3cc([N+](=O)[O-])cc4c3OCOC4)nc3ccccc3c2=O)c1. The van der Waals surface area contributed by atoms with Crippen molar-refractivity contribution in [2.45, 2.75) is 24.4 Å². The molecule has 3 aromatic carbocycles. The lowest BCUT2D eigenvalue weighted by atomic mass is 10.1. The molecule has 0 N–H and O–H groups in total.